The zero-order valence-corrected chi connectivity index (χ0v) is 9.92. The Hall–Kier alpha value is -1.38. The Bertz CT molecular complexity index is 372. The fraction of sp³-hybridized carbons (Fsp3) is 0.462. The van der Waals surface area contributed by atoms with Gasteiger partial charge in [-0.2, -0.15) is 0 Å². The van der Waals surface area contributed by atoms with E-state index in [1.807, 2.05) is 0 Å². The van der Waals surface area contributed by atoms with E-state index in [9.17, 15) is 9.18 Å². The number of ether oxygens (including phenoxy) is 1. The first kappa shape index (κ1) is 12.7. The zero-order valence-electron chi connectivity index (χ0n) is 9.92. The number of hydrogen-bond acceptors (Lipinski definition) is 2. The van der Waals surface area contributed by atoms with Crippen molar-refractivity contribution in [3.05, 3.63) is 29.6 Å². The van der Waals surface area contributed by atoms with Gasteiger partial charge in [0.1, 0.15) is 0 Å². The van der Waals surface area contributed by atoms with Gasteiger partial charge in [-0.05, 0) is 30.5 Å². The Kier molecular flexibility index (Phi) is 4.47. The van der Waals surface area contributed by atoms with Crippen LogP contribution < -0.4 is 4.74 Å². The average Bonchev–Trinajstić information content (AvgIpc) is 2.25. The molecule has 0 fully saturated rings. The highest BCUT2D eigenvalue weighted by Crippen LogP contribution is 2.19. The van der Waals surface area contributed by atoms with Crippen LogP contribution in [-0.2, 0) is 0 Å². The van der Waals surface area contributed by atoms with Crippen LogP contribution in [0.3, 0.4) is 0 Å². The zero-order chi connectivity index (χ0) is 12.1. The van der Waals surface area contributed by atoms with Crippen molar-refractivity contribution in [3.8, 4) is 5.75 Å². The van der Waals surface area contributed by atoms with Crippen LogP contribution in [0.4, 0.5) is 4.39 Å². The number of methoxy groups -OCH3 is 1. The van der Waals surface area contributed by atoms with Gasteiger partial charge in [-0.3, -0.25) is 4.79 Å². The molecule has 16 heavy (non-hydrogen) atoms. The molecule has 0 aliphatic heterocycles. The molecule has 0 unspecified atom stereocenters. The summed E-state index contributed by atoms with van der Waals surface area (Å²) in [6.07, 6.45) is 1.29. The normalized spacial score (nSPS) is 10.6. The number of carbonyl (C=O) groups is 1. The minimum Gasteiger partial charge on any atom is -0.494 e. The molecule has 0 aliphatic carbocycles. The summed E-state index contributed by atoms with van der Waals surface area (Å²) in [6.45, 7) is 4.11. The molecule has 0 aromatic heterocycles. The van der Waals surface area contributed by atoms with Gasteiger partial charge in [0.25, 0.3) is 0 Å². The Morgan fingerprint density at radius 2 is 2.12 bits per heavy atom. The predicted octanol–water partition coefficient (Wildman–Crippen LogP) is 3.45. The summed E-state index contributed by atoms with van der Waals surface area (Å²) < 4.78 is 18.1. The summed E-state index contributed by atoms with van der Waals surface area (Å²) in [4.78, 5) is 11.7. The van der Waals surface area contributed by atoms with Gasteiger partial charge in [0.15, 0.2) is 17.3 Å². The second kappa shape index (κ2) is 5.64. The van der Waals surface area contributed by atoms with E-state index in [1.54, 1.807) is 6.07 Å². The maximum absolute atomic E-state index is 13.3. The van der Waals surface area contributed by atoms with Gasteiger partial charge in [0.2, 0.25) is 0 Å². The molecule has 1 aromatic rings. The van der Waals surface area contributed by atoms with Crippen LogP contribution in [0, 0.1) is 11.7 Å². The molecule has 0 heterocycles. The standard InChI is InChI=1S/C13H17FO2/c1-9(2)4-6-12(15)10-5-7-13(16-3)11(14)8-10/h5,7-9H,4,6H2,1-3H3. The van der Waals surface area contributed by atoms with Crippen molar-refractivity contribution in [1.82, 2.24) is 0 Å². The lowest BCUT2D eigenvalue weighted by atomic mass is 10.0. The van der Waals surface area contributed by atoms with Crippen LogP contribution in [0.15, 0.2) is 18.2 Å². The third-order valence-electron chi connectivity index (χ3n) is 2.42. The predicted molar refractivity (Wildman–Crippen MR) is 61.4 cm³/mol. The van der Waals surface area contributed by atoms with Gasteiger partial charge in [-0.1, -0.05) is 13.8 Å². The van der Waals surface area contributed by atoms with Crippen molar-refractivity contribution in [3.63, 3.8) is 0 Å². The van der Waals surface area contributed by atoms with E-state index in [1.165, 1.54) is 19.2 Å². The minimum atomic E-state index is -0.488. The van der Waals surface area contributed by atoms with Crippen LogP contribution in [0.2, 0.25) is 0 Å². The summed E-state index contributed by atoms with van der Waals surface area (Å²) in [7, 11) is 1.40. The molecule has 1 aromatic carbocycles. The second-order valence-electron chi connectivity index (χ2n) is 4.21. The molecule has 0 saturated carbocycles. The summed E-state index contributed by atoms with van der Waals surface area (Å²) >= 11 is 0. The van der Waals surface area contributed by atoms with Crippen LogP contribution in [0.1, 0.15) is 37.0 Å². The molecular weight excluding hydrogens is 207 g/mol. The Morgan fingerprint density at radius 1 is 1.44 bits per heavy atom. The number of Topliss-reactive ketones (excluding diaryl/α,β-unsaturated/α-hetero) is 1. The molecule has 2 nitrogen and oxygen atoms in total. The number of carbonyl (C=O) groups excluding carboxylic acids is 1. The van der Waals surface area contributed by atoms with Gasteiger partial charge in [-0.15, -0.1) is 0 Å². The molecule has 0 bridgehead atoms. The Morgan fingerprint density at radius 3 is 2.62 bits per heavy atom. The van der Waals surface area contributed by atoms with Gasteiger partial charge >= 0.3 is 0 Å². The number of hydrogen-bond donors (Lipinski definition) is 0. The van der Waals surface area contributed by atoms with E-state index < -0.39 is 5.82 Å². The smallest absolute Gasteiger partial charge is 0.165 e. The van der Waals surface area contributed by atoms with Crippen molar-refractivity contribution in [2.45, 2.75) is 26.7 Å². The molecule has 1 rings (SSSR count). The summed E-state index contributed by atoms with van der Waals surface area (Å²) in [5, 5.41) is 0. The first-order chi connectivity index (χ1) is 7.54. The van der Waals surface area contributed by atoms with Gasteiger partial charge in [-0.25, -0.2) is 4.39 Å². The lowest BCUT2D eigenvalue weighted by Gasteiger charge is -2.06. The van der Waals surface area contributed by atoms with Crippen molar-refractivity contribution in [1.29, 1.82) is 0 Å². The summed E-state index contributed by atoms with van der Waals surface area (Å²) in [5.41, 5.74) is 0.416. The van der Waals surface area contributed by atoms with E-state index in [0.717, 1.165) is 6.42 Å². The average molecular weight is 224 g/mol. The topological polar surface area (TPSA) is 26.3 Å². The Labute approximate surface area is 95.4 Å². The van der Waals surface area contributed by atoms with Crippen LogP contribution in [0.25, 0.3) is 0 Å². The molecule has 0 N–H and O–H groups in total. The van der Waals surface area contributed by atoms with Crippen LogP contribution >= 0.6 is 0 Å². The highest BCUT2D eigenvalue weighted by atomic mass is 19.1. The molecule has 88 valence electrons. The van der Waals surface area contributed by atoms with E-state index in [2.05, 4.69) is 13.8 Å². The van der Waals surface area contributed by atoms with E-state index >= 15 is 0 Å². The second-order valence-corrected chi connectivity index (χ2v) is 4.21. The van der Waals surface area contributed by atoms with E-state index in [4.69, 9.17) is 4.74 Å². The van der Waals surface area contributed by atoms with Gasteiger partial charge < -0.3 is 4.74 Å². The van der Waals surface area contributed by atoms with Crippen molar-refractivity contribution < 1.29 is 13.9 Å². The van der Waals surface area contributed by atoms with Crippen molar-refractivity contribution in [2.24, 2.45) is 5.92 Å². The lowest BCUT2D eigenvalue weighted by Crippen LogP contribution is -2.02. The lowest BCUT2D eigenvalue weighted by molar-refractivity contribution is 0.0975. The largest absolute Gasteiger partial charge is 0.494 e. The number of rotatable bonds is 5. The highest BCUT2D eigenvalue weighted by molar-refractivity contribution is 5.96. The van der Waals surface area contributed by atoms with Gasteiger partial charge in [0, 0.05) is 12.0 Å². The fourth-order valence-electron chi connectivity index (χ4n) is 1.40. The highest BCUT2D eigenvalue weighted by Gasteiger charge is 2.10. The fourth-order valence-corrected chi connectivity index (χ4v) is 1.40. The SMILES string of the molecule is COc1ccc(C(=O)CCC(C)C)cc1F. The monoisotopic (exact) mass is 224 g/mol. The van der Waals surface area contributed by atoms with Crippen LogP contribution in [-0.4, -0.2) is 12.9 Å². The van der Waals surface area contributed by atoms with Crippen molar-refractivity contribution >= 4 is 5.78 Å². The molecule has 0 spiro atoms. The maximum Gasteiger partial charge on any atom is 0.165 e. The molecule has 0 atom stereocenters. The number of ketones is 1. The molecule has 0 radical (unpaired) electrons. The minimum absolute atomic E-state index is 0.0183. The molecule has 0 aliphatic rings. The van der Waals surface area contributed by atoms with Crippen molar-refractivity contribution in [2.75, 3.05) is 7.11 Å². The number of halogens is 1. The first-order valence-electron chi connectivity index (χ1n) is 5.41. The Balaban J connectivity index is 2.73. The first-order valence-corrected chi connectivity index (χ1v) is 5.41. The van der Waals surface area contributed by atoms with Gasteiger partial charge in [0.05, 0.1) is 7.11 Å². The quantitative estimate of drug-likeness (QED) is 0.716. The molecule has 3 heteroatoms. The van der Waals surface area contributed by atoms with E-state index in [-0.39, 0.29) is 11.5 Å². The van der Waals surface area contributed by atoms with E-state index in [0.29, 0.717) is 17.9 Å². The number of benzene rings is 1. The molecule has 0 saturated heterocycles. The third kappa shape index (κ3) is 3.33. The molecular formula is C13H17FO2. The summed E-state index contributed by atoms with van der Waals surface area (Å²) in [5.74, 6) is 0.139. The van der Waals surface area contributed by atoms with Crippen LogP contribution in [0.5, 0.6) is 5.75 Å². The maximum atomic E-state index is 13.3. The molecule has 0 amide bonds. The third-order valence-corrected chi connectivity index (χ3v) is 2.42. The summed E-state index contributed by atoms with van der Waals surface area (Å²) in [6, 6.07) is 4.32.